The van der Waals surface area contributed by atoms with Crippen LogP contribution in [0, 0.1) is 0 Å². The first-order chi connectivity index (χ1) is 9.60. The largest absolute Gasteiger partial charge is 0.398 e. The minimum Gasteiger partial charge on any atom is -0.398 e. The van der Waals surface area contributed by atoms with Gasteiger partial charge in [0.15, 0.2) is 5.71 Å². The Hall–Kier alpha value is -2.37. The number of carbonyl (C=O) groups is 1. The Morgan fingerprint density at radius 2 is 1.95 bits per heavy atom. The summed E-state index contributed by atoms with van der Waals surface area (Å²) in [6, 6.07) is 7.32. The molecule has 20 heavy (non-hydrogen) atoms. The number of nitrogens with one attached hydrogen (secondary N) is 1. The third kappa shape index (κ3) is 4.38. The number of benzene rings is 1. The van der Waals surface area contributed by atoms with E-state index in [-0.39, 0.29) is 18.2 Å². The standard InChI is InChI=1S/C14H19N3O3/c1-10(2)16-20-9-11-7-5-6-8-12(11)13(17-19-4)14(18)15-3/h5-8H,9H2,1-4H3,(H,15,18)/b17-13+. The van der Waals surface area contributed by atoms with Gasteiger partial charge in [0.25, 0.3) is 5.91 Å². The van der Waals surface area contributed by atoms with E-state index in [0.29, 0.717) is 5.56 Å². The topological polar surface area (TPSA) is 72.3 Å². The zero-order valence-corrected chi connectivity index (χ0v) is 12.1. The summed E-state index contributed by atoms with van der Waals surface area (Å²) < 4.78 is 0. The SMILES string of the molecule is CNC(=O)/C(=N/OC)c1ccccc1CON=C(C)C. The summed E-state index contributed by atoms with van der Waals surface area (Å²) in [6.07, 6.45) is 0. The van der Waals surface area contributed by atoms with E-state index in [2.05, 4.69) is 15.6 Å². The number of nitrogens with zero attached hydrogens (tertiary/aromatic N) is 2. The first kappa shape index (κ1) is 15.7. The van der Waals surface area contributed by atoms with Crippen molar-refractivity contribution in [2.75, 3.05) is 14.2 Å². The van der Waals surface area contributed by atoms with Crippen molar-refractivity contribution in [3.8, 4) is 0 Å². The van der Waals surface area contributed by atoms with E-state index in [4.69, 9.17) is 9.68 Å². The van der Waals surface area contributed by atoms with E-state index >= 15 is 0 Å². The Kier molecular flexibility index (Phi) is 6.22. The molecule has 0 aromatic heterocycles. The van der Waals surface area contributed by atoms with Crippen LogP contribution in [-0.4, -0.2) is 31.5 Å². The fraction of sp³-hybridized carbons (Fsp3) is 0.357. The Morgan fingerprint density at radius 1 is 1.25 bits per heavy atom. The summed E-state index contributed by atoms with van der Waals surface area (Å²) in [5.74, 6) is -0.325. The van der Waals surface area contributed by atoms with Gasteiger partial charge < -0.3 is 15.0 Å². The fourth-order valence-corrected chi connectivity index (χ4v) is 1.53. The van der Waals surface area contributed by atoms with Crippen LogP contribution < -0.4 is 5.32 Å². The van der Waals surface area contributed by atoms with Gasteiger partial charge in [0.05, 0.1) is 5.71 Å². The summed E-state index contributed by atoms with van der Waals surface area (Å²) in [7, 11) is 2.93. The molecule has 0 aliphatic rings. The number of hydrogen-bond donors (Lipinski definition) is 1. The molecule has 0 atom stereocenters. The zero-order chi connectivity index (χ0) is 15.0. The maximum atomic E-state index is 11.8. The second-order valence-corrected chi connectivity index (χ2v) is 4.17. The molecule has 1 N–H and O–H groups in total. The predicted octanol–water partition coefficient (Wildman–Crippen LogP) is 1.70. The van der Waals surface area contributed by atoms with Gasteiger partial charge in [0, 0.05) is 18.2 Å². The Bertz CT molecular complexity index is 520. The van der Waals surface area contributed by atoms with E-state index in [1.165, 1.54) is 14.2 Å². The molecule has 0 unspecified atom stereocenters. The molecule has 1 rings (SSSR count). The molecule has 0 radical (unpaired) electrons. The predicted molar refractivity (Wildman–Crippen MR) is 77.6 cm³/mol. The average Bonchev–Trinajstić information content (AvgIpc) is 2.44. The van der Waals surface area contributed by atoms with Gasteiger partial charge in [-0.3, -0.25) is 4.79 Å². The lowest BCUT2D eigenvalue weighted by molar-refractivity contribution is -0.114. The van der Waals surface area contributed by atoms with Gasteiger partial charge in [-0.05, 0) is 13.8 Å². The molecule has 6 nitrogen and oxygen atoms in total. The number of rotatable bonds is 6. The van der Waals surface area contributed by atoms with Crippen molar-refractivity contribution in [1.82, 2.24) is 5.32 Å². The number of hydrogen-bond acceptors (Lipinski definition) is 5. The molecule has 0 spiro atoms. The normalized spacial score (nSPS) is 10.7. The van der Waals surface area contributed by atoms with Gasteiger partial charge >= 0.3 is 0 Å². The molecule has 0 saturated carbocycles. The van der Waals surface area contributed by atoms with Crippen LogP contribution in [0.1, 0.15) is 25.0 Å². The van der Waals surface area contributed by atoms with E-state index < -0.39 is 0 Å². The lowest BCUT2D eigenvalue weighted by Crippen LogP contribution is -2.29. The van der Waals surface area contributed by atoms with Crippen LogP contribution in [0.15, 0.2) is 34.6 Å². The van der Waals surface area contributed by atoms with E-state index in [0.717, 1.165) is 11.3 Å². The van der Waals surface area contributed by atoms with Crippen LogP contribution in [0.3, 0.4) is 0 Å². The van der Waals surface area contributed by atoms with Crippen molar-refractivity contribution < 1.29 is 14.5 Å². The van der Waals surface area contributed by atoms with Gasteiger partial charge in [-0.2, -0.15) is 0 Å². The van der Waals surface area contributed by atoms with Crippen molar-refractivity contribution in [3.05, 3.63) is 35.4 Å². The van der Waals surface area contributed by atoms with Crippen molar-refractivity contribution in [2.24, 2.45) is 10.3 Å². The van der Waals surface area contributed by atoms with Gasteiger partial charge in [0.1, 0.15) is 13.7 Å². The second kappa shape index (κ2) is 7.93. The molecule has 1 aromatic rings. The van der Waals surface area contributed by atoms with E-state index in [1.807, 2.05) is 32.0 Å². The number of amides is 1. The molecule has 6 heteroatoms. The monoisotopic (exact) mass is 277 g/mol. The van der Waals surface area contributed by atoms with E-state index in [1.54, 1.807) is 6.07 Å². The highest BCUT2D eigenvalue weighted by Gasteiger charge is 2.17. The first-order valence-corrected chi connectivity index (χ1v) is 6.14. The van der Waals surface area contributed by atoms with Crippen LogP contribution in [0.2, 0.25) is 0 Å². The van der Waals surface area contributed by atoms with Crippen molar-refractivity contribution in [2.45, 2.75) is 20.5 Å². The van der Waals surface area contributed by atoms with Gasteiger partial charge in [-0.15, -0.1) is 0 Å². The molecule has 1 amide bonds. The minimum absolute atomic E-state index is 0.200. The molecule has 0 bridgehead atoms. The molecular formula is C14H19N3O3. The molecule has 0 aliphatic heterocycles. The maximum absolute atomic E-state index is 11.8. The van der Waals surface area contributed by atoms with Crippen LogP contribution in [0.4, 0.5) is 0 Å². The maximum Gasteiger partial charge on any atom is 0.273 e. The highest BCUT2D eigenvalue weighted by molar-refractivity contribution is 6.45. The Labute approximate surface area is 118 Å². The van der Waals surface area contributed by atoms with Gasteiger partial charge in [-0.1, -0.05) is 34.6 Å². The Balaban J connectivity index is 3.07. The highest BCUT2D eigenvalue weighted by Crippen LogP contribution is 2.12. The minimum atomic E-state index is -0.325. The number of carbonyl (C=O) groups excluding carboxylic acids is 1. The second-order valence-electron chi connectivity index (χ2n) is 4.17. The number of oxime groups is 2. The average molecular weight is 277 g/mol. The van der Waals surface area contributed by atoms with Crippen LogP contribution in [0.5, 0.6) is 0 Å². The molecule has 0 fully saturated rings. The lowest BCUT2D eigenvalue weighted by Gasteiger charge is -2.10. The highest BCUT2D eigenvalue weighted by atomic mass is 16.6. The summed E-state index contributed by atoms with van der Waals surface area (Å²) >= 11 is 0. The third-order valence-corrected chi connectivity index (χ3v) is 2.36. The molecule has 108 valence electrons. The van der Waals surface area contributed by atoms with Crippen molar-refractivity contribution >= 4 is 17.3 Å². The summed E-state index contributed by atoms with van der Waals surface area (Å²) in [5.41, 5.74) is 2.47. The molecule has 0 heterocycles. The summed E-state index contributed by atoms with van der Waals surface area (Å²) in [6.45, 7) is 3.93. The smallest absolute Gasteiger partial charge is 0.273 e. The Morgan fingerprint density at radius 3 is 2.55 bits per heavy atom. The van der Waals surface area contributed by atoms with Crippen LogP contribution in [-0.2, 0) is 21.1 Å². The van der Waals surface area contributed by atoms with Crippen LogP contribution in [0.25, 0.3) is 0 Å². The van der Waals surface area contributed by atoms with Gasteiger partial charge in [0.2, 0.25) is 0 Å². The quantitative estimate of drug-likeness (QED) is 0.635. The van der Waals surface area contributed by atoms with E-state index in [9.17, 15) is 4.79 Å². The third-order valence-electron chi connectivity index (χ3n) is 2.36. The first-order valence-electron chi connectivity index (χ1n) is 6.14. The zero-order valence-electron chi connectivity index (χ0n) is 12.1. The van der Waals surface area contributed by atoms with Crippen molar-refractivity contribution in [1.29, 1.82) is 0 Å². The van der Waals surface area contributed by atoms with Crippen LogP contribution >= 0.6 is 0 Å². The van der Waals surface area contributed by atoms with Gasteiger partial charge in [-0.25, -0.2) is 0 Å². The molecule has 0 aliphatic carbocycles. The summed E-state index contributed by atoms with van der Waals surface area (Å²) in [5, 5.41) is 10.2. The number of likely N-dealkylation sites (N-methyl/N-ethyl adjacent to an activating group) is 1. The fourth-order valence-electron chi connectivity index (χ4n) is 1.53. The summed E-state index contributed by atoms with van der Waals surface area (Å²) in [4.78, 5) is 21.8. The van der Waals surface area contributed by atoms with Crippen molar-refractivity contribution in [3.63, 3.8) is 0 Å². The molecule has 0 saturated heterocycles. The lowest BCUT2D eigenvalue weighted by atomic mass is 10.0. The molecule has 1 aromatic carbocycles. The molecular weight excluding hydrogens is 258 g/mol.